The van der Waals surface area contributed by atoms with Crippen molar-refractivity contribution in [3.05, 3.63) is 59.7 Å². The van der Waals surface area contributed by atoms with Gasteiger partial charge in [0, 0.05) is 25.3 Å². The minimum Gasteiger partial charge on any atom is -0.467 e. The van der Waals surface area contributed by atoms with Gasteiger partial charge in [0.05, 0.1) is 0 Å². The highest BCUT2D eigenvalue weighted by Crippen LogP contribution is 2.40. The van der Waals surface area contributed by atoms with Crippen molar-refractivity contribution < 1.29 is 18.9 Å². The molecule has 4 nitrogen and oxygen atoms in total. The van der Waals surface area contributed by atoms with Crippen LogP contribution in [0.15, 0.2) is 48.6 Å². The fourth-order valence-corrected chi connectivity index (χ4v) is 2.68. The van der Waals surface area contributed by atoms with E-state index in [0.717, 1.165) is 33.8 Å². The minimum atomic E-state index is 0.176. The molecule has 138 valence electrons. The van der Waals surface area contributed by atoms with Gasteiger partial charge in [-0.2, -0.15) is 0 Å². The molecule has 0 aromatic heterocycles. The van der Waals surface area contributed by atoms with E-state index in [2.05, 4.69) is 24.3 Å². The molecular weight excluding hydrogens is 328 g/mol. The van der Waals surface area contributed by atoms with Gasteiger partial charge in [-0.3, -0.25) is 0 Å². The summed E-state index contributed by atoms with van der Waals surface area (Å²) in [7, 11) is 3.21. The molecule has 0 saturated carbocycles. The standard InChI is InChI=1S/C22H26O4/c1-5-8-17-12-13-20(25-15-23-3)19(14-17)22-18(9-6-2)10-7-11-21(22)26-16-24-4/h5-14H,15-16H2,1-4H3/b8-5+,9-6+. The SMILES string of the molecule is C/C=C/c1ccc(OCOC)c(-c2c(/C=C/C)cccc2OCOC)c1. The van der Waals surface area contributed by atoms with E-state index in [4.69, 9.17) is 18.9 Å². The lowest BCUT2D eigenvalue weighted by Crippen LogP contribution is -2.04. The van der Waals surface area contributed by atoms with Crippen molar-refractivity contribution in [2.75, 3.05) is 27.8 Å². The molecule has 0 unspecified atom stereocenters. The number of benzene rings is 2. The lowest BCUT2D eigenvalue weighted by Gasteiger charge is -2.18. The van der Waals surface area contributed by atoms with Crippen LogP contribution in [0.4, 0.5) is 0 Å². The van der Waals surface area contributed by atoms with E-state index in [1.807, 2.05) is 50.3 Å². The van der Waals surface area contributed by atoms with Gasteiger partial charge in [-0.05, 0) is 43.2 Å². The predicted octanol–water partition coefficient (Wildman–Crippen LogP) is 5.39. The summed E-state index contributed by atoms with van der Waals surface area (Å²) in [5.74, 6) is 1.47. The first-order valence-electron chi connectivity index (χ1n) is 8.51. The molecule has 26 heavy (non-hydrogen) atoms. The van der Waals surface area contributed by atoms with Crippen molar-refractivity contribution in [2.45, 2.75) is 13.8 Å². The Morgan fingerprint density at radius 3 is 2.15 bits per heavy atom. The summed E-state index contributed by atoms with van der Waals surface area (Å²) in [4.78, 5) is 0. The van der Waals surface area contributed by atoms with E-state index in [0.29, 0.717) is 0 Å². The molecule has 0 heterocycles. The Labute approximate surface area is 155 Å². The maximum atomic E-state index is 5.83. The third kappa shape index (κ3) is 4.97. The van der Waals surface area contributed by atoms with Crippen LogP contribution in [-0.4, -0.2) is 27.8 Å². The normalized spacial score (nSPS) is 11.4. The van der Waals surface area contributed by atoms with E-state index >= 15 is 0 Å². The Bertz CT molecular complexity index is 763. The molecular formula is C22H26O4. The average molecular weight is 354 g/mol. The summed E-state index contributed by atoms with van der Waals surface area (Å²) < 4.78 is 21.8. The number of hydrogen-bond acceptors (Lipinski definition) is 4. The van der Waals surface area contributed by atoms with Crippen molar-refractivity contribution in [1.82, 2.24) is 0 Å². The molecule has 4 heteroatoms. The van der Waals surface area contributed by atoms with E-state index in [1.54, 1.807) is 14.2 Å². The van der Waals surface area contributed by atoms with Crippen LogP contribution in [0, 0.1) is 0 Å². The van der Waals surface area contributed by atoms with E-state index in [9.17, 15) is 0 Å². The van der Waals surface area contributed by atoms with Crippen LogP contribution in [0.25, 0.3) is 23.3 Å². The zero-order valence-electron chi connectivity index (χ0n) is 15.8. The molecule has 0 N–H and O–H groups in total. The molecule has 2 rings (SSSR count). The van der Waals surface area contributed by atoms with Gasteiger partial charge in [-0.1, -0.05) is 42.5 Å². The topological polar surface area (TPSA) is 36.9 Å². The molecule has 0 saturated heterocycles. The molecule has 2 aromatic carbocycles. The highest BCUT2D eigenvalue weighted by Gasteiger charge is 2.16. The quantitative estimate of drug-likeness (QED) is 0.566. The van der Waals surface area contributed by atoms with Crippen LogP contribution in [0.1, 0.15) is 25.0 Å². The number of ether oxygens (including phenoxy) is 4. The van der Waals surface area contributed by atoms with Crippen LogP contribution in [0.3, 0.4) is 0 Å². The fraction of sp³-hybridized carbons (Fsp3) is 0.273. The van der Waals surface area contributed by atoms with Crippen LogP contribution < -0.4 is 9.47 Å². The minimum absolute atomic E-state index is 0.176. The summed E-state index contributed by atoms with van der Waals surface area (Å²) in [5, 5.41) is 0. The van der Waals surface area contributed by atoms with Crippen molar-refractivity contribution in [3.8, 4) is 22.6 Å². The molecule has 0 aliphatic heterocycles. The lowest BCUT2D eigenvalue weighted by molar-refractivity contribution is 0.0500. The van der Waals surface area contributed by atoms with Crippen molar-refractivity contribution >= 4 is 12.2 Å². The van der Waals surface area contributed by atoms with Gasteiger partial charge >= 0.3 is 0 Å². The second-order valence-electron chi connectivity index (χ2n) is 5.58. The molecule has 0 radical (unpaired) electrons. The van der Waals surface area contributed by atoms with Gasteiger partial charge in [0.15, 0.2) is 13.6 Å². The molecule has 0 amide bonds. The van der Waals surface area contributed by atoms with E-state index in [-0.39, 0.29) is 13.6 Å². The molecule has 0 aliphatic carbocycles. The Balaban J connectivity index is 2.67. The summed E-state index contributed by atoms with van der Waals surface area (Å²) in [6, 6.07) is 12.0. The molecule has 0 atom stereocenters. The maximum Gasteiger partial charge on any atom is 0.188 e. The smallest absolute Gasteiger partial charge is 0.188 e. The summed E-state index contributed by atoms with van der Waals surface area (Å²) >= 11 is 0. The van der Waals surface area contributed by atoms with Gasteiger partial charge in [-0.25, -0.2) is 0 Å². The first-order valence-corrected chi connectivity index (χ1v) is 8.51. The number of allylic oxidation sites excluding steroid dienone is 2. The number of hydrogen-bond donors (Lipinski definition) is 0. The van der Waals surface area contributed by atoms with Crippen LogP contribution in [-0.2, 0) is 9.47 Å². The van der Waals surface area contributed by atoms with Crippen LogP contribution in [0.5, 0.6) is 11.5 Å². The first-order chi connectivity index (χ1) is 12.7. The zero-order chi connectivity index (χ0) is 18.8. The highest BCUT2D eigenvalue weighted by molar-refractivity contribution is 5.85. The van der Waals surface area contributed by atoms with Gasteiger partial charge in [-0.15, -0.1) is 0 Å². The maximum absolute atomic E-state index is 5.83. The second-order valence-corrected chi connectivity index (χ2v) is 5.58. The number of methoxy groups -OCH3 is 2. The van der Waals surface area contributed by atoms with Crippen LogP contribution >= 0.6 is 0 Å². The predicted molar refractivity (Wildman–Crippen MR) is 106 cm³/mol. The van der Waals surface area contributed by atoms with Gasteiger partial charge in [0.2, 0.25) is 0 Å². The monoisotopic (exact) mass is 354 g/mol. The molecule has 2 aromatic rings. The summed E-state index contributed by atoms with van der Waals surface area (Å²) in [6.07, 6.45) is 8.12. The summed E-state index contributed by atoms with van der Waals surface area (Å²) in [6.45, 7) is 4.34. The van der Waals surface area contributed by atoms with Crippen molar-refractivity contribution in [2.24, 2.45) is 0 Å². The van der Waals surface area contributed by atoms with E-state index in [1.165, 1.54) is 0 Å². The summed E-state index contributed by atoms with van der Waals surface area (Å²) in [5.41, 5.74) is 4.03. The van der Waals surface area contributed by atoms with Crippen LogP contribution in [0.2, 0.25) is 0 Å². The third-order valence-electron chi connectivity index (χ3n) is 3.70. The largest absolute Gasteiger partial charge is 0.467 e. The van der Waals surface area contributed by atoms with Gasteiger partial charge < -0.3 is 18.9 Å². The van der Waals surface area contributed by atoms with Crippen molar-refractivity contribution in [3.63, 3.8) is 0 Å². The first kappa shape index (κ1) is 19.8. The average Bonchev–Trinajstić information content (AvgIpc) is 2.66. The second kappa shape index (κ2) is 10.4. The molecule has 0 bridgehead atoms. The zero-order valence-corrected chi connectivity index (χ0v) is 15.8. The Hall–Kier alpha value is -2.56. The molecule has 0 spiro atoms. The fourth-order valence-electron chi connectivity index (χ4n) is 2.68. The van der Waals surface area contributed by atoms with E-state index < -0.39 is 0 Å². The van der Waals surface area contributed by atoms with Gasteiger partial charge in [0.25, 0.3) is 0 Å². The Kier molecular flexibility index (Phi) is 7.93. The Morgan fingerprint density at radius 1 is 0.808 bits per heavy atom. The van der Waals surface area contributed by atoms with Gasteiger partial charge in [0.1, 0.15) is 11.5 Å². The highest BCUT2D eigenvalue weighted by atomic mass is 16.7. The third-order valence-corrected chi connectivity index (χ3v) is 3.70. The number of rotatable bonds is 9. The lowest BCUT2D eigenvalue weighted by atomic mass is 9.95. The molecule has 0 aliphatic rings. The molecule has 0 fully saturated rings. The van der Waals surface area contributed by atoms with Crippen molar-refractivity contribution in [1.29, 1.82) is 0 Å². The Morgan fingerprint density at radius 2 is 1.50 bits per heavy atom.